The molecule has 0 amide bonds. The summed E-state index contributed by atoms with van der Waals surface area (Å²) in [6.07, 6.45) is 1.49. The molecule has 0 fully saturated rings. The lowest BCUT2D eigenvalue weighted by molar-refractivity contribution is 1.04. The molecule has 0 aromatic carbocycles. The molecule has 5 heteroatoms. The molecule has 74 valence electrons. The second-order valence-electron chi connectivity index (χ2n) is 2.45. The van der Waals surface area contributed by atoms with Gasteiger partial charge in [-0.2, -0.15) is 0 Å². The number of anilines is 1. The van der Waals surface area contributed by atoms with E-state index in [9.17, 15) is 0 Å². The van der Waals surface area contributed by atoms with Crippen LogP contribution in [-0.4, -0.2) is 22.3 Å². The van der Waals surface area contributed by atoms with E-state index < -0.39 is 0 Å². The Hall–Kier alpha value is -1.28. The predicted octanol–water partition coefficient (Wildman–Crippen LogP) is 2.57. The lowest BCUT2D eigenvalue weighted by atomic mass is 10.5. The fraction of sp³-hybridized carbons (Fsp3) is 0.444. The van der Waals surface area contributed by atoms with E-state index in [-0.39, 0.29) is 0 Å². The average molecular weight is 208 g/mol. The smallest absolute Gasteiger partial charge is 0.259 e. The third-order valence-corrected chi connectivity index (χ3v) is 2.39. The summed E-state index contributed by atoms with van der Waals surface area (Å²) in [5, 5.41) is 3.81. The van der Waals surface area contributed by atoms with Crippen LogP contribution in [-0.2, 0) is 0 Å². The molecule has 4 nitrogen and oxygen atoms in total. The molecule has 0 bridgehead atoms. The standard InChI is InChI=1S/C9H12N4S/c1-4-11-8-7(10-3)9(14-5-2)13-6-12-8/h6H,4-5H2,1-2H3,(H,11,12,13). The highest BCUT2D eigenvalue weighted by Gasteiger charge is 2.10. The van der Waals surface area contributed by atoms with Crippen molar-refractivity contribution in [2.24, 2.45) is 0 Å². The van der Waals surface area contributed by atoms with Gasteiger partial charge in [0.25, 0.3) is 5.69 Å². The van der Waals surface area contributed by atoms with Crippen molar-refractivity contribution in [1.82, 2.24) is 9.97 Å². The van der Waals surface area contributed by atoms with Crippen molar-refractivity contribution >= 4 is 23.3 Å². The van der Waals surface area contributed by atoms with E-state index in [1.807, 2.05) is 13.8 Å². The molecule has 0 atom stereocenters. The van der Waals surface area contributed by atoms with Crippen LogP contribution in [0.1, 0.15) is 13.8 Å². The summed E-state index contributed by atoms with van der Waals surface area (Å²) in [7, 11) is 0. The Balaban J connectivity index is 3.06. The van der Waals surface area contributed by atoms with Crippen molar-refractivity contribution in [2.75, 3.05) is 17.6 Å². The van der Waals surface area contributed by atoms with Gasteiger partial charge in [0.1, 0.15) is 17.2 Å². The number of thioether (sulfide) groups is 1. The van der Waals surface area contributed by atoms with E-state index in [0.29, 0.717) is 11.5 Å². The molecule has 0 aliphatic heterocycles. The summed E-state index contributed by atoms with van der Waals surface area (Å²) in [6, 6.07) is 0. The second kappa shape index (κ2) is 5.45. The topological polar surface area (TPSA) is 42.2 Å². The minimum absolute atomic E-state index is 0.529. The van der Waals surface area contributed by atoms with Crippen LogP contribution in [0.3, 0.4) is 0 Å². The third kappa shape index (κ3) is 2.36. The van der Waals surface area contributed by atoms with Crippen molar-refractivity contribution in [2.45, 2.75) is 18.9 Å². The summed E-state index contributed by atoms with van der Waals surface area (Å²) < 4.78 is 0. The number of nitrogens with zero attached hydrogens (tertiary/aromatic N) is 3. The Morgan fingerprint density at radius 1 is 1.50 bits per heavy atom. The first kappa shape index (κ1) is 10.8. The lowest BCUT2D eigenvalue weighted by Gasteiger charge is -2.06. The summed E-state index contributed by atoms with van der Waals surface area (Å²) in [4.78, 5) is 11.6. The molecule has 0 aliphatic rings. The molecule has 0 aliphatic carbocycles. The number of hydrogen-bond acceptors (Lipinski definition) is 4. The molecule has 0 unspecified atom stereocenters. The first-order valence-electron chi connectivity index (χ1n) is 4.42. The molecule has 0 spiro atoms. The van der Waals surface area contributed by atoms with Gasteiger partial charge in [-0.05, 0) is 12.7 Å². The van der Waals surface area contributed by atoms with Crippen LogP contribution in [0.25, 0.3) is 4.85 Å². The van der Waals surface area contributed by atoms with Gasteiger partial charge in [-0.15, -0.1) is 11.8 Å². The molecule has 1 aromatic rings. The molecule has 1 N–H and O–H groups in total. The van der Waals surface area contributed by atoms with E-state index in [2.05, 4.69) is 20.1 Å². The van der Waals surface area contributed by atoms with Gasteiger partial charge in [0.05, 0.1) is 6.57 Å². The fourth-order valence-electron chi connectivity index (χ4n) is 1.00. The average Bonchev–Trinajstić information content (AvgIpc) is 2.19. The second-order valence-corrected chi connectivity index (χ2v) is 3.70. The van der Waals surface area contributed by atoms with Crippen molar-refractivity contribution < 1.29 is 0 Å². The SMILES string of the molecule is [C-]#[N+]c1c(NCC)ncnc1SCC. The molecule has 0 saturated carbocycles. The summed E-state index contributed by atoms with van der Waals surface area (Å²) in [5.74, 6) is 1.54. The Morgan fingerprint density at radius 3 is 2.86 bits per heavy atom. The monoisotopic (exact) mass is 208 g/mol. The molecule has 14 heavy (non-hydrogen) atoms. The molecule has 0 saturated heterocycles. The number of nitrogens with one attached hydrogen (secondary N) is 1. The van der Waals surface area contributed by atoms with Crippen LogP contribution < -0.4 is 5.32 Å². The Labute approximate surface area is 88.0 Å². The largest absolute Gasteiger partial charge is 0.379 e. The van der Waals surface area contributed by atoms with Crippen LogP contribution in [0.15, 0.2) is 11.4 Å². The van der Waals surface area contributed by atoms with Crippen molar-refractivity contribution in [3.63, 3.8) is 0 Å². The maximum absolute atomic E-state index is 7.07. The van der Waals surface area contributed by atoms with Gasteiger partial charge >= 0.3 is 0 Å². The van der Waals surface area contributed by atoms with Gasteiger partial charge in [-0.3, -0.25) is 0 Å². The number of hydrogen-bond donors (Lipinski definition) is 1. The highest BCUT2D eigenvalue weighted by molar-refractivity contribution is 7.99. The molecule has 1 aromatic heterocycles. The maximum Gasteiger partial charge on any atom is 0.259 e. The van der Waals surface area contributed by atoms with Gasteiger partial charge < -0.3 is 5.32 Å². The first-order valence-corrected chi connectivity index (χ1v) is 5.41. The minimum atomic E-state index is 0.529. The van der Waals surface area contributed by atoms with Gasteiger partial charge in [0, 0.05) is 6.54 Å². The lowest BCUT2D eigenvalue weighted by Crippen LogP contribution is -2.00. The van der Waals surface area contributed by atoms with E-state index in [4.69, 9.17) is 6.57 Å². The summed E-state index contributed by atoms with van der Waals surface area (Å²) in [5.41, 5.74) is 0.529. The van der Waals surface area contributed by atoms with Crippen molar-refractivity contribution in [3.8, 4) is 0 Å². The maximum atomic E-state index is 7.07. The van der Waals surface area contributed by atoms with Crippen molar-refractivity contribution in [1.29, 1.82) is 0 Å². The highest BCUT2D eigenvalue weighted by atomic mass is 32.2. The Morgan fingerprint density at radius 2 is 2.29 bits per heavy atom. The number of rotatable bonds is 4. The molecule has 0 radical (unpaired) electrons. The van der Waals surface area contributed by atoms with E-state index in [1.54, 1.807) is 11.8 Å². The molecule has 1 rings (SSSR count). The Bertz CT molecular complexity index is 321. The van der Waals surface area contributed by atoms with Gasteiger partial charge in [0.15, 0.2) is 0 Å². The fourth-order valence-corrected chi connectivity index (χ4v) is 1.68. The van der Waals surface area contributed by atoms with E-state index in [1.165, 1.54) is 6.33 Å². The Kier molecular flexibility index (Phi) is 4.20. The zero-order valence-electron chi connectivity index (χ0n) is 8.24. The van der Waals surface area contributed by atoms with Crippen molar-refractivity contribution in [3.05, 3.63) is 17.7 Å². The minimum Gasteiger partial charge on any atom is -0.379 e. The number of aromatic nitrogens is 2. The predicted molar refractivity (Wildman–Crippen MR) is 58.9 cm³/mol. The quantitative estimate of drug-likeness (QED) is 0.469. The van der Waals surface area contributed by atoms with Crippen LogP contribution >= 0.6 is 11.8 Å². The normalized spacial score (nSPS) is 9.50. The first-order chi connectivity index (χ1) is 6.83. The van der Waals surface area contributed by atoms with E-state index >= 15 is 0 Å². The van der Waals surface area contributed by atoms with Crippen LogP contribution in [0.2, 0.25) is 0 Å². The van der Waals surface area contributed by atoms with Crippen LogP contribution in [0, 0.1) is 6.57 Å². The highest BCUT2D eigenvalue weighted by Crippen LogP contribution is 2.32. The zero-order chi connectivity index (χ0) is 10.4. The van der Waals surface area contributed by atoms with Crippen LogP contribution in [0.5, 0.6) is 0 Å². The van der Waals surface area contributed by atoms with Gasteiger partial charge in [-0.25, -0.2) is 14.8 Å². The van der Waals surface area contributed by atoms with Gasteiger partial charge in [0.2, 0.25) is 0 Å². The molecular weight excluding hydrogens is 196 g/mol. The van der Waals surface area contributed by atoms with Crippen LogP contribution in [0.4, 0.5) is 11.5 Å². The molecular formula is C9H12N4S. The van der Waals surface area contributed by atoms with Gasteiger partial charge in [-0.1, -0.05) is 6.92 Å². The zero-order valence-corrected chi connectivity index (χ0v) is 9.06. The van der Waals surface area contributed by atoms with E-state index in [0.717, 1.165) is 17.3 Å². The molecule has 1 heterocycles. The third-order valence-electron chi connectivity index (χ3n) is 1.53. The summed E-state index contributed by atoms with van der Waals surface area (Å²) in [6.45, 7) is 11.8. The summed E-state index contributed by atoms with van der Waals surface area (Å²) >= 11 is 1.56.